The molecule has 4 aromatic rings. The van der Waals surface area contributed by atoms with Crippen LogP contribution in [0.25, 0.3) is 27.7 Å². The zero-order valence-corrected chi connectivity index (χ0v) is 17.9. The second-order valence-corrected chi connectivity index (χ2v) is 8.85. The maximum atomic E-state index is 13.2. The van der Waals surface area contributed by atoms with Crippen molar-refractivity contribution in [3.63, 3.8) is 0 Å². The third-order valence-electron chi connectivity index (χ3n) is 6.90. The molecule has 2 aliphatic rings. The first-order valence-electron chi connectivity index (χ1n) is 11.1. The lowest BCUT2D eigenvalue weighted by Gasteiger charge is -2.31. The van der Waals surface area contributed by atoms with E-state index in [1.54, 1.807) is 6.20 Å². The highest BCUT2D eigenvalue weighted by Crippen LogP contribution is 2.38. The molecule has 0 amide bonds. The fraction of sp³-hybridized carbons (Fsp3) is 0.308. The van der Waals surface area contributed by atoms with E-state index >= 15 is 0 Å². The van der Waals surface area contributed by atoms with Crippen LogP contribution in [0.5, 0.6) is 0 Å². The number of likely N-dealkylation sites (tertiary alicyclic amines) is 1. The summed E-state index contributed by atoms with van der Waals surface area (Å²) in [5.41, 5.74) is 5.87. The Morgan fingerprint density at radius 2 is 1.94 bits per heavy atom. The smallest absolute Gasteiger partial charge is 0.233 e. The lowest BCUT2D eigenvalue weighted by atomic mass is 9.88. The van der Waals surface area contributed by atoms with Crippen LogP contribution in [0.3, 0.4) is 0 Å². The third kappa shape index (κ3) is 3.15. The van der Waals surface area contributed by atoms with Gasteiger partial charge in [0.25, 0.3) is 0 Å². The van der Waals surface area contributed by atoms with Crippen LogP contribution in [-0.4, -0.2) is 38.9 Å². The Morgan fingerprint density at radius 3 is 2.74 bits per heavy atom. The molecule has 0 unspecified atom stereocenters. The van der Waals surface area contributed by atoms with Gasteiger partial charge in [-0.2, -0.15) is 0 Å². The van der Waals surface area contributed by atoms with Gasteiger partial charge >= 0.3 is 0 Å². The van der Waals surface area contributed by atoms with Gasteiger partial charge in [-0.15, -0.1) is 0 Å². The molecule has 5 heteroatoms. The van der Waals surface area contributed by atoms with Crippen LogP contribution in [0, 0.1) is 13.3 Å². The lowest BCUT2D eigenvalue weighted by Crippen LogP contribution is -2.32. The molecular weight excluding hydrogens is 384 g/mol. The van der Waals surface area contributed by atoms with E-state index in [2.05, 4.69) is 40.0 Å². The van der Waals surface area contributed by atoms with E-state index in [1.807, 2.05) is 36.2 Å². The van der Waals surface area contributed by atoms with Crippen LogP contribution in [0.1, 0.15) is 48.1 Å². The van der Waals surface area contributed by atoms with E-state index in [-0.39, 0.29) is 5.43 Å². The Kier molecular flexibility index (Phi) is 4.22. The summed E-state index contributed by atoms with van der Waals surface area (Å²) < 4.78 is 1.89. The van der Waals surface area contributed by atoms with Crippen LogP contribution in [0.15, 0.2) is 47.7 Å². The molecule has 5 nitrogen and oxygen atoms in total. The van der Waals surface area contributed by atoms with Crippen LogP contribution in [-0.2, 0) is 0 Å². The van der Waals surface area contributed by atoms with Crippen molar-refractivity contribution in [2.75, 3.05) is 19.6 Å². The summed E-state index contributed by atoms with van der Waals surface area (Å²) in [4.78, 5) is 24.6. The molecule has 1 fully saturated rings. The number of benzene rings is 1. The number of imidazole rings is 1. The normalized spacial score (nSPS) is 16.7. The molecule has 1 aliphatic heterocycles. The van der Waals surface area contributed by atoms with E-state index in [1.165, 1.54) is 36.9 Å². The maximum absolute atomic E-state index is 13.2. The molecule has 0 N–H and O–H groups in total. The van der Waals surface area contributed by atoms with Gasteiger partial charge in [0.1, 0.15) is 0 Å². The largest absolute Gasteiger partial charge is 0.304 e. The fourth-order valence-corrected chi connectivity index (χ4v) is 5.01. The fourth-order valence-electron chi connectivity index (χ4n) is 5.01. The highest BCUT2D eigenvalue weighted by Gasteiger charge is 2.27. The Balaban J connectivity index is 1.45. The van der Waals surface area contributed by atoms with Crippen molar-refractivity contribution in [2.45, 2.75) is 32.6 Å². The second kappa shape index (κ2) is 6.99. The van der Waals surface area contributed by atoms with E-state index in [9.17, 15) is 4.79 Å². The van der Waals surface area contributed by atoms with Crippen molar-refractivity contribution in [3.05, 3.63) is 81.9 Å². The molecular formula is C26H25N4O. The lowest BCUT2D eigenvalue weighted by molar-refractivity contribution is 0.222. The highest BCUT2D eigenvalue weighted by atomic mass is 16.1. The minimum Gasteiger partial charge on any atom is -0.304 e. The number of aryl methyl sites for hydroxylation is 1. The Labute approximate surface area is 181 Å². The molecule has 1 aliphatic carbocycles. The predicted octanol–water partition coefficient (Wildman–Crippen LogP) is 4.33. The number of hydrogen-bond acceptors (Lipinski definition) is 4. The standard InChI is InChI=1S/C26H25N4O/c1-3-29-8-6-17(7-9-29)18-4-5-19-11-22(25(31)24-12-23(24)21(19)10-18)20-13-27-26-28-16(2)14-30(26)15-20/h4-5,10-15,17H,3,6-9H2,1-2H3. The molecule has 31 heavy (non-hydrogen) atoms. The number of nitrogens with zero attached hydrogens (tertiary/aromatic N) is 4. The van der Waals surface area contributed by atoms with E-state index in [0.29, 0.717) is 17.3 Å². The number of hydrogen-bond donors (Lipinski definition) is 0. The van der Waals surface area contributed by atoms with E-state index in [0.717, 1.165) is 34.3 Å². The molecule has 0 bridgehead atoms. The monoisotopic (exact) mass is 409 g/mol. The van der Waals surface area contributed by atoms with Gasteiger partial charge in [0.2, 0.25) is 5.78 Å². The number of piperidine rings is 1. The van der Waals surface area contributed by atoms with Crippen LogP contribution < -0.4 is 5.43 Å². The summed E-state index contributed by atoms with van der Waals surface area (Å²) in [6.45, 7) is 7.66. The van der Waals surface area contributed by atoms with E-state index < -0.39 is 0 Å². The molecule has 3 heterocycles. The zero-order valence-electron chi connectivity index (χ0n) is 17.9. The van der Waals surface area contributed by atoms with Crippen LogP contribution in [0.2, 0.25) is 0 Å². The Morgan fingerprint density at radius 1 is 1.10 bits per heavy atom. The van der Waals surface area contributed by atoms with Gasteiger partial charge in [0.15, 0.2) is 5.43 Å². The summed E-state index contributed by atoms with van der Waals surface area (Å²) >= 11 is 0. The molecule has 1 saturated heterocycles. The number of rotatable bonds is 3. The highest BCUT2D eigenvalue weighted by molar-refractivity contribution is 5.96. The third-order valence-corrected chi connectivity index (χ3v) is 6.90. The summed E-state index contributed by atoms with van der Waals surface area (Å²) in [5, 5.41) is 2.31. The summed E-state index contributed by atoms with van der Waals surface area (Å²) in [6, 6.07) is 8.82. The molecule has 1 radical (unpaired) electrons. The minimum absolute atomic E-state index is 0.0852. The summed E-state index contributed by atoms with van der Waals surface area (Å²) in [5.74, 6) is 1.26. The van der Waals surface area contributed by atoms with Crippen molar-refractivity contribution in [3.8, 4) is 11.1 Å². The van der Waals surface area contributed by atoms with Crippen molar-refractivity contribution in [1.82, 2.24) is 19.3 Å². The predicted molar refractivity (Wildman–Crippen MR) is 124 cm³/mol. The molecule has 2 aromatic heterocycles. The topological polar surface area (TPSA) is 50.5 Å². The van der Waals surface area contributed by atoms with Crippen molar-refractivity contribution in [1.29, 1.82) is 0 Å². The van der Waals surface area contributed by atoms with Gasteiger partial charge in [-0.1, -0.05) is 25.1 Å². The summed E-state index contributed by atoms with van der Waals surface area (Å²) in [6.07, 6.45) is 10.1. The molecule has 2 aromatic carbocycles. The van der Waals surface area contributed by atoms with Gasteiger partial charge in [-0.25, -0.2) is 9.97 Å². The molecule has 0 saturated carbocycles. The van der Waals surface area contributed by atoms with Crippen LogP contribution >= 0.6 is 0 Å². The van der Waals surface area contributed by atoms with E-state index in [4.69, 9.17) is 0 Å². The summed E-state index contributed by atoms with van der Waals surface area (Å²) in [7, 11) is 0. The molecule has 155 valence electrons. The van der Waals surface area contributed by atoms with Gasteiger partial charge in [-0.3, -0.25) is 9.20 Å². The zero-order chi connectivity index (χ0) is 21.1. The Bertz CT molecular complexity index is 1400. The quantitative estimate of drug-likeness (QED) is 0.445. The first-order valence-corrected chi connectivity index (χ1v) is 11.1. The first kappa shape index (κ1) is 18.7. The molecule has 0 atom stereocenters. The van der Waals surface area contributed by atoms with Crippen molar-refractivity contribution < 1.29 is 0 Å². The van der Waals surface area contributed by atoms with Gasteiger partial charge in [0.05, 0.1) is 5.69 Å². The SMILES string of the molecule is CCN1CCC(c2ccc3cc(-c4cnc5nc(C)cn5c4)c(=O)c4c(c3c2)[CH]4)CC1. The molecule has 6 rings (SSSR count). The molecule has 0 spiro atoms. The minimum atomic E-state index is 0.0852. The van der Waals surface area contributed by atoms with Crippen molar-refractivity contribution >= 4 is 16.6 Å². The number of fused-ring (bicyclic) bond motifs is 4. The maximum Gasteiger partial charge on any atom is 0.233 e. The van der Waals surface area contributed by atoms with Crippen molar-refractivity contribution in [2.24, 2.45) is 0 Å². The van der Waals surface area contributed by atoms with Gasteiger partial charge in [0, 0.05) is 41.7 Å². The van der Waals surface area contributed by atoms with Gasteiger partial charge in [-0.05, 0) is 73.3 Å². The second-order valence-electron chi connectivity index (χ2n) is 8.85. The average molecular weight is 410 g/mol. The van der Waals surface area contributed by atoms with Crippen LogP contribution in [0.4, 0.5) is 0 Å². The van der Waals surface area contributed by atoms with Gasteiger partial charge < -0.3 is 4.90 Å². The first-order chi connectivity index (χ1) is 15.1. The number of aromatic nitrogens is 3. The Hall–Kier alpha value is -3.05. The average Bonchev–Trinajstić information content (AvgIpc) is 3.52.